The van der Waals surface area contributed by atoms with Gasteiger partial charge >= 0.3 is 6.09 Å². The first-order valence-corrected chi connectivity index (χ1v) is 10.7. The zero-order valence-corrected chi connectivity index (χ0v) is 16.4. The van der Waals surface area contributed by atoms with E-state index in [2.05, 4.69) is 0 Å². The number of carbonyl (C=O) groups excluding carboxylic acids is 1. The van der Waals surface area contributed by atoms with Crippen molar-refractivity contribution < 1.29 is 22.1 Å². The van der Waals surface area contributed by atoms with Crippen LogP contribution >= 0.6 is 0 Å². The van der Waals surface area contributed by atoms with Crippen molar-refractivity contribution in [2.24, 2.45) is 5.92 Å². The molecule has 1 aliphatic rings. The van der Waals surface area contributed by atoms with Crippen molar-refractivity contribution in [1.29, 1.82) is 0 Å². The van der Waals surface area contributed by atoms with Gasteiger partial charge in [-0.05, 0) is 46.0 Å². The summed E-state index contributed by atoms with van der Waals surface area (Å²) in [4.78, 5) is 13.8. The molecule has 0 aromatic heterocycles. The lowest BCUT2D eigenvalue weighted by Crippen LogP contribution is -2.41. The van der Waals surface area contributed by atoms with E-state index < -0.39 is 15.7 Å². The lowest BCUT2D eigenvalue weighted by molar-refractivity contribution is 0.0180. The van der Waals surface area contributed by atoms with E-state index in [4.69, 9.17) is 8.92 Å². The average Bonchev–Trinajstić information content (AvgIpc) is 2.44. The second-order valence-electron chi connectivity index (χ2n) is 7.64. The summed E-state index contributed by atoms with van der Waals surface area (Å²) in [7, 11) is -3.30. The van der Waals surface area contributed by atoms with Crippen molar-refractivity contribution in [1.82, 2.24) is 4.90 Å². The molecule has 0 N–H and O–H groups in total. The van der Waals surface area contributed by atoms with Crippen LogP contribution in [0.2, 0.25) is 0 Å². The highest BCUT2D eigenvalue weighted by atomic mass is 32.2. The molecule has 1 saturated heterocycles. The number of unbranched alkanes of at least 4 members (excludes halogenated alkanes) is 3. The summed E-state index contributed by atoms with van der Waals surface area (Å²) in [6, 6.07) is 0. The van der Waals surface area contributed by atoms with Crippen LogP contribution in [0.5, 0.6) is 0 Å². The average molecular weight is 364 g/mol. The van der Waals surface area contributed by atoms with Crippen molar-refractivity contribution in [3.63, 3.8) is 0 Å². The van der Waals surface area contributed by atoms with Crippen LogP contribution in [0, 0.1) is 5.92 Å². The van der Waals surface area contributed by atoms with Crippen LogP contribution in [-0.4, -0.2) is 51.0 Å². The summed E-state index contributed by atoms with van der Waals surface area (Å²) in [6.07, 6.45) is 8.15. The van der Waals surface area contributed by atoms with Gasteiger partial charge in [0, 0.05) is 13.1 Å². The van der Waals surface area contributed by atoms with E-state index in [1.54, 1.807) is 0 Å². The molecule has 24 heavy (non-hydrogen) atoms. The minimum atomic E-state index is -3.30. The molecule has 142 valence electrons. The Hall–Kier alpha value is -0.820. The first-order chi connectivity index (χ1) is 11.1. The number of hydrogen-bond donors (Lipinski definition) is 0. The number of rotatable bonds is 8. The summed E-state index contributed by atoms with van der Waals surface area (Å²) >= 11 is 0. The Bertz CT molecular complexity index is 476. The first-order valence-electron chi connectivity index (χ1n) is 8.89. The van der Waals surface area contributed by atoms with Gasteiger partial charge in [0.15, 0.2) is 0 Å². The highest BCUT2D eigenvalue weighted by molar-refractivity contribution is 7.85. The molecule has 1 aliphatic heterocycles. The van der Waals surface area contributed by atoms with Crippen LogP contribution in [0.4, 0.5) is 4.79 Å². The predicted molar refractivity (Wildman–Crippen MR) is 94.4 cm³/mol. The first kappa shape index (κ1) is 21.2. The van der Waals surface area contributed by atoms with Gasteiger partial charge in [0.05, 0.1) is 12.9 Å². The SMILES string of the molecule is CC(C)(C)OC(=O)N1CCC(CCCCCCOS(C)(=O)=O)CC1. The molecule has 0 unspecified atom stereocenters. The maximum Gasteiger partial charge on any atom is 0.410 e. The van der Waals surface area contributed by atoms with E-state index in [-0.39, 0.29) is 12.7 Å². The maximum atomic E-state index is 12.0. The lowest BCUT2D eigenvalue weighted by atomic mass is 9.91. The molecule has 0 aromatic rings. The van der Waals surface area contributed by atoms with Crippen LogP contribution in [-0.2, 0) is 19.0 Å². The van der Waals surface area contributed by atoms with Gasteiger partial charge in [0.1, 0.15) is 5.60 Å². The van der Waals surface area contributed by atoms with Crippen molar-refractivity contribution >= 4 is 16.2 Å². The zero-order chi connectivity index (χ0) is 18.2. The second kappa shape index (κ2) is 9.61. The molecule has 0 aromatic carbocycles. The fraction of sp³-hybridized carbons (Fsp3) is 0.941. The van der Waals surface area contributed by atoms with E-state index in [1.165, 1.54) is 6.42 Å². The molecule has 0 saturated carbocycles. The number of piperidine rings is 1. The summed E-state index contributed by atoms with van der Waals surface area (Å²) in [5.41, 5.74) is -0.436. The highest BCUT2D eigenvalue weighted by Gasteiger charge is 2.26. The Morgan fingerprint density at radius 2 is 1.67 bits per heavy atom. The fourth-order valence-electron chi connectivity index (χ4n) is 2.83. The normalized spacial score (nSPS) is 17.1. The molecule has 1 rings (SSSR count). The number of amides is 1. The number of hydrogen-bond acceptors (Lipinski definition) is 5. The summed E-state index contributed by atoms with van der Waals surface area (Å²) in [5.74, 6) is 0.677. The summed E-state index contributed by atoms with van der Waals surface area (Å²) in [6.45, 7) is 7.51. The minimum absolute atomic E-state index is 0.202. The van der Waals surface area contributed by atoms with Crippen LogP contribution in [0.3, 0.4) is 0 Å². The van der Waals surface area contributed by atoms with Gasteiger partial charge in [-0.3, -0.25) is 4.18 Å². The number of carbonyl (C=O) groups is 1. The van der Waals surface area contributed by atoms with Gasteiger partial charge in [-0.2, -0.15) is 8.42 Å². The van der Waals surface area contributed by atoms with E-state index >= 15 is 0 Å². The van der Waals surface area contributed by atoms with Crippen LogP contribution in [0.15, 0.2) is 0 Å². The van der Waals surface area contributed by atoms with E-state index in [9.17, 15) is 13.2 Å². The van der Waals surface area contributed by atoms with Gasteiger partial charge in [0.25, 0.3) is 10.1 Å². The van der Waals surface area contributed by atoms with Gasteiger partial charge in [-0.1, -0.05) is 25.7 Å². The second-order valence-corrected chi connectivity index (χ2v) is 9.28. The molecule has 0 spiro atoms. The smallest absolute Gasteiger partial charge is 0.410 e. The fourth-order valence-corrected chi connectivity index (χ4v) is 3.25. The van der Waals surface area contributed by atoms with Crippen molar-refractivity contribution in [2.75, 3.05) is 26.0 Å². The lowest BCUT2D eigenvalue weighted by Gasteiger charge is -2.33. The largest absolute Gasteiger partial charge is 0.444 e. The quantitative estimate of drug-likeness (QED) is 0.487. The molecule has 1 heterocycles. The summed E-state index contributed by atoms with van der Waals surface area (Å²) in [5, 5.41) is 0. The van der Waals surface area contributed by atoms with Gasteiger partial charge in [-0.15, -0.1) is 0 Å². The van der Waals surface area contributed by atoms with Crippen molar-refractivity contribution in [3.8, 4) is 0 Å². The standard InChI is InChI=1S/C17H33NO5S/c1-17(2,3)23-16(19)18-12-10-15(11-13-18)9-7-5-6-8-14-22-24(4,20)21/h15H,5-14H2,1-4H3. The molecule has 0 bridgehead atoms. The van der Waals surface area contributed by atoms with Gasteiger partial charge in [0.2, 0.25) is 0 Å². The van der Waals surface area contributed by atoms with Crippen LogP contribution < -0.4 is 0 Å². The predicted octanol–water partition coefficient (Wildman–Crippen LogP) is 3.56. The van der Waals surface area contributed by atoms with Crippen LogP contribution in [0.25, 0.3) is 0 Å². The topological polar surface area (TPSA) is 72.9 Å². The Balaban J connectivity index is 2.07. The Labute approximate surface area is 147 Å². The highest BCUT2D eigenvalue weighted by Crippen LogP contribution is 2.24. The number of likely N-dealkylation sites (tertiary alicyclic amines) is 1. The van der Waals surface area contributed by atoms with E-state index in [0.717, 1.165) is 57.9 Å². The maximum absolute atomic E-state index is 12.0. The van der Waals surface area contributed by atoms with E-state index in [0.29, 0.717) is 5.92 Å². The third kappa shape index (κ3) is 10.1. The molecule has 0 atom stereocenters. The third-order valence-electron chi connectivity index (χ3n) is 4.07. The molecule has 0 aliphatic carbocycles. The van der Waals surface area contributed by atoms with Gasteiger partial charge in [-0.25, -0.2) is 4.79 Å². The molecule has 0 radical (unpaired) electrons. The number of nitrogens with zero attached hydrogens (tertiary/aromatic N) is 1. The molecule has 1 fully saturated rings. The molecular weight excluding hydrogens is 330 g/mol. The molecule has 7 heteroatoms. The summed E-state index contributed by atoms with van der Waals surface area (Å²) < 4.78 is 31.8. The Morgan fingerprint density at radius 1 is 1.08 bits per heavy atom. The molecule has 1 amide bonds. The number of ether oxygens (including phenoxy) is 1. The Kier molecular flexibility index (Phi) is 8.50. The van der Waals surface area contributed by atoms with Crippen molar-refractivity contribution in [2.45, 2.75) is 71.3 Å². The van der Waals surface area contributed by atoms with Gasteiger partial charge < -0.3 is 9.64 Å². The third-order valence-corrected chi connectivity index (χ3v) is 4.67. The Morgan fingerprint density at radius 3 is 2.21 bits per heavy atom. The van der Waals surface area contributed by atoms with E-state index in [1.807, 2.05) is 25.7 Å². The molecular formula is C17H33NO5S. The molecule has 6 nitrogen and oxygen atoms in total. The minimum Gasteiger partial charge on any atom is -0.444 e. The zero-order valence-electron chi connectivity index (χ0n) is 15.5. The van der Waals surface area contributed by atoms with Crippen molar-refractivity contribution in [3.05, 3.63) is 0 Å². The monoisotopic (exact) mass is 363 g/mol. The van der Waals surface area contributed by atoms with Crippen LogP contribution in [0.1, 0.15) is 65.7 Å².